The molecule has 0 saturated carbocycles. The highest BCUT2D eigenvalue weighted by molar-refractivity contribution is 6.30. The number of benzene rings is 1. The Hall–Kier alpha value is -0.820. The van der Waals surface area contributed by atoms with Gasteiger partial charge in [-0.25, -0.2) is 4.39 Å². The van der Waals surface area contributed by atoms with Gasteiger partial charge in [-0.1, -0.05) is 31.2 Å². The summed E-state index contributed by atoms with van der Waals surface area (Å²) in [6.45, 7) is 5.79. The highest BCUT2D eigenvalue weighted by Gasteiger charge is 2.01. The lowest BCUT2D eigenvalue weighted by Crippen LogP contribution is -1.83. The standard InChI is InChI=1S/C10H10ClF/c1-3-7(2)8-4-5-9(11)10(12)6-8/h4-6H,2-3H2,1H3. The molecule has 0 bridgehead atoms. The maximum atomic E-state index is 12.9. The molecule has 2 heteroatoms. The van der Waals surface area contributed by atoms with Crippen molar-refractivity contribution in [2.75, 3.05) is 0 Å². The van der Waals surface area contributed by atoms with Crippen LogP contribution in [0.5, 0.6) is 0 Å². The fourth-order valence-electron chi connectivity index (χ4n) is 0.920. The Balaban J connectivity index is 3.05. The van der Waals surface area contributed by atoms with E-state index in [1.165, 1.54) is 6.07 Å². The predicted octanol–water partition coefficient (Wildman–Crippen LogP) is 3.90. The summed E-state index contributed by atoms with van der Waals surface area (Å²) < 4.78 is 12.9. The van der Waals surface area contributed by atoms with Gasteiger partial charge in [-0.15, -0.1) is 0 Å². The van der Waals surface area contributed by atoms with Crippen LogP contribution < -0.4 is 0 Å². The fourth-order valence-corrected chi connectivity index (χ4v) is 1.04. The van der Waals surface area contributed by atoms with Gasteiger partial charge in [0.2, 0.25) is 0 Å². The van der Waals surface area contributed by atoms with E-state index in [9.17, 15) is 4.39 Å². The molecule has 0 aliphatic heterocycles. The molecule has 0 atom stereocenters. The monoisotopic (exact) mass is 184 g/mol. The fraction of sp³-hybridized carbons (Fsp3) is 0.200. The summed E-state index contributed by atoms with van der Waals surface area (Å²) in [5, 5.41) is 0.155. The Labute approximate surface area is 76.7 Å². The van der Waals surface area contributed by atoms with Gasteiger partial charge < -0.3 is 0 Å². The van der Waals surface area contributed by atoms with Gasteiger partial charge in [0.1, 0.15) is 5.82 Å². The molecular formula is C10H10ClF. The molecule has 64 valence electrons. The second-order valence-corrected chi connectivity index (χ2v) is 2.99. The molecule has 0 nitrogen and oxygen atoms in total. The molecule has 1 aromatic rings. The van der Waals surface area contributed by atoms with Gasteiger partial charge in [-0.2, -0.15) is 0 Å². The smallest absolute Gasteiger partial charge is 0.142 e. The van der Waals surface area contributed by atoms with Crippen molar-refractivity contribution in [2.24, 2.45) is 0 Å². The van der Waals surface area contributed by atoms with Crippen molar-refractivity contribution in [3.05, 3.63) is 41.2 Å². The molecule has 0 fully saturated rings. The van der Waals surface area contributed by atoms with E-state index in [1.54, 1.807) is 12.1 Å². The number of halogens is 2. The Morgan fingerprint density at radius 2 is 2.25 bits per heavy atom. The average Bonchev–Trinajstić information content (AvgIpc) is 2.08. The van der Waals surface area contributed by atoms with Gasteiger partial charge in [0.15, 0.2) is 0 Å². The lowest BCUT2D eigenvalue weighted by Gasteiger charge is -2.02. The minimum Gasteiger partial charge on any atom is -0.205 e. The third kappa shape index (κ3) is 1.86. The summed E-state index contributed by atoms with van der Waals surface area (Å²) in [5.41, 5.74) is 1.74. The first-order valence-corrected chi connectivity index (χ1v) is 4.16. The first-order chi connectivity index (χ1) is 5.65. The molecule has 0 unspecified atom stereocenters. The van der Waals surface area contributed by atoms with Gasteiger partial charge in [0.25, 0.3) is 0 Å². The minimum absolute atomic E-state index is 0.155. The quantitative estimate of drug-likeness (QED) is 0.654. The summed E-state index contributed by atoms with van der Waals surface area (Å²) in [5.74, 6) is -0.385. The van der Waals surface area contributed by atoms with Crippen LogP contribution in [-0.4, -0.2) is 0 Å². The second-order valence-electron chi connectivity index (χ2n) is 2.59. The predicted molar refractivity (Wildman–Crippen MR) is 50.7 cm³/mol. The zero-order valence-electron chi connectivity index (χ0n) is 6.90. The number of rotatable bonds is 2. The Morgan fingerprint density at radius 1 is 1.58 bits per heavy atom. The summed E-state index contributed by atoms with van der Waals surface area (Å²) >= 11 is 5.52. The van der Waals surface area contributed by atoms with Crippen LogP contribution in [0.4, 0.5) is 4.39 Å². The van der Waals surface area contributed by atoms with E-state index >= 15 is 0 Å². The van der Waals surface area contributed by atoms with E-state index in [2.05, 4.69) is 6.58 Å². The van der Waals surface area contributed by atoms with Gasteiger partial charge in [-0.3, -0.25) is 0 Å². The van der Waals surface area contributed by atoms with Crippen LogP contribution in [-0.2, 0) is 0 Å². The molecule has 0 aliphatic rings. The van der Waals surface area contributed by atoms with E-state index in [0.29, 0.717) is 0 Å². The van der Waals surface area contributed by atoms with Crippen LogP contribution in [0, 0.1) is 5.82 Å². The lowest BCUT2D eigenvalue weighted by molar-refractivity contribution is 0.627. The summed E-state index contributed by atoms with van der Waals surface area (Å²) in [7, 11) is 0. The zero-order valence-corrected chi connectivity index (χ0v) is 7.66. The highest BCUT2D eigenvalue weighted by Crippen LogP contribution is 2.21. The van der Waals surface area contributed by atoms with E-state index in [4.69, 9.17) is 11.6 Å². The zero-order chi connectivity index (χ0) is 9.14. The molecule has 0 radical (unpaired) electrons. The topological polar surface area (TPSA) is 0 Å². The van der Waals surface area contributed by atoms with Crippen LogP contribution in [0.3, 0.4) is 0 Å². The van der Waals surface area contributed by atoms with Crippen LogP contribution in [0.15, 0.2) is 24.8 Å². The highest BCUT2D eigenvalue weighted by atomic mass is 35.5. The van der Waals surface area contributed by atoms with Crippen molar-refractivity contribution in [3.63, 3.8) is 0 Å². The van der Waals surface area contributed by atoms with Gasteiger partial charge in [0, 0.05) is 0 Å². The molecule has 0 heterocycles. The first kappa shape index (κ1) is 9.27. The Bertz CT molecular complexity index is 305. The van der Waals surface area contributed by atoms with E-state index in [1.807, 2.05) is 6.92 Å². The number of hydrogen-bond donors (Lipinski definition) is 0. The number of allylic oxidation sites excluding steroid dienone is 1. The molecule has 0 aromatic heterocycles. The molecule has 0 saturated heterocycles. The molecule has 1 aromatic carbocycles. The second kappa shape index (κ2) is 3.72. The third-order valence-electron chi connectivity index (χ3n) is 1.75. The van der Waals surface area contributed by atoms with Crippen molar-refractivity contribution in [1.82, 2.24) is 0 Å². The normalized spacial score (nSPS) is 9.92. The van der Waals surface area contributed by atoms with E-state index in [-0.39, 0.29) is 10.8 Å². The van der Waals surface area contributed by atoms with Crippen molar-refractivity contribution < 1.29 is 4.39 Å². The largest absolute Gasteiger partial charge is 0.205 e. The summed E-state index contributed by atoms with van der Waals surface area (Å²) in [4.78, 5) is 0. The summed E-state index contributed by atoms with van der Waals surface area (Å²) in [6.07, 6.45) is 0.821. The van der Waals surface area contributed by atoms with E-state index < -0.39 is 0 Å². The van der Waals surface area contributed by atoms with Gasteiger partial charge in [0.05, 0.1) is 5.02 Å². The van der Waals surface area contributed by atoms with Crippen molar-refractivity contribution in [1.29, 1.82) is 0 Å². The van der Waals surface area contributed by atoms with Crippen LogP contribution in [0.2, 0.25) is 5.02 Å². The molecule has 0 aliphatic carbocycles. The maximum Gasteiger partial charge on any atom is 0.142 e. The van der Waals surface area contributed by atoms with Crippen LogP contribution in [0.1, 0.15) is 18.9 Å². The summed E-state index contributed by atoms with van der Waals surface area (Å²) in [6, 6.07) is 4.73. The van der Waals surface area contributed by atoms with Gasteiger partial charge in [-0.05, 0) is 29.7 Å². The van der Waals surface area contributed by atoms with Crippen molar-refractivity contribution in [2.45, 2.75) is 13.3 Å². The molecule has 1 rings (SSSR count). The number of hydrogen-bond acceptors (Lipinski definition) is 0. The minimum atomic E-state index is -0.385. The SMILES string of the molecule is C=C(CC)c1ccc(Cl)c(F)c1. The maximum absolute atomic E-state index is 12.9. The van der Waals surface area contributed by atoms with Gasteiger partial charge >= 0.3 is 0 Å². The van der Waals surface area contributed by atoms with Crippen LogP contribution >= 0.6 is 11.6 Å². The molecule has 0 spiro atoms. The molecular weight excluding hydrogens is 175 g/mol. The first-order valence-electron chi connectivity index (χ1n) is 3.78. The van der Waals surface area contributed by atoms with E-state index in [0.717, 1.165) is 17.6 Å². The van der Waals surface area contributed by atoms with Crippen molar-refractivity contribution >= 4 is 17.2 Å². The van der Waals surface area contributed by atoms with Crippen LogP contribution in [0.25, 0.3) is 5.57 Å². The third-order valence-corrected chi connectivity index (χ3v) is 2.06. The molecule has 12 heavy (non-hydrogen) atoms. The average molecular weight is 185 g/mol. The van der Waals surface area contributed by atoms with Crippen molar-refractivity contribution in [3.8, 4) is 0 Å². The lowest BCUT2D eigenvalue weighted by atomic mass is 10.1. The Morgan fingerprint density at radius 3 is 2.75 bits per heavy atom. The Kier molecular flexibility index (Phi) is 2.88. The molecule has 0 amide bonds. The molecule has 0 N–H and O–H groups in total.